The molecule has 0 aliphatic carbocycles. The summed E-state index contributed by atoms with van der Waals surface area (Å²) in [6.07, 6.45) is 0. The summed E-state index contributed by atoms with van der Waals surface area (Å²) in [6.45, 7) is 4.00. The SMILES string of the molecule is Cc1ccc(S(=O)(=O)N(CC#C[Se]c2ccccc2)c2cccc(C)c2)cc1. The zero-order chi connectivity index (χ0) is 20.0. The Bertz CT molecular complexity index is 1100. The summed E-state index contributed by atoms with van der Waals surface area (Å²) < 4.78 is 29.1. The Hall–Kier alpha value is -2.51. The van der Waals surface area contributed by atoms with Gasteiger partial charge >= 0.3 is 174 Å². The molecular weight excluding hydrogens is 433 g/mol. The molecule has 3 nitrogen and oxygen atoms in total. The number of hydrogen-bond acceptors (Lipinski definition) is 2. The van der Waals surface area contributed by atoms with Gasteiger partial charge in [-0.25, -0.2) is 0 Å². The van der Waals surface area contributed by atoms with Gasteiger partial charge in [0.1, 0.15) is 0 Å². The molecule has 0 amide bonds. The molecule has 28 heavy (non-hydrogen) atoms. The monoisotopic (exact) mass is 455 g/mol. The predicted octanol–water partition coefficient (Wildman–Crippen LogP) is 3.49. The molecule has 0 aliphatic rings. The van der Waals surface area contributed by atoms with Crippen LogP contribution in [-0.2, 0) is 10.0 Å². The molecule has 0 unspecified atom stereocenters. The second-order valence-corrected chi connectivity index (χ2v) is 10.1. The molecule has 3 aromatic rings. The zero-order valence-electron chi connectivity index (χ0n) is 15.8. The summed E-state index contributed by atoms with van der Waals surface area (Å²) in [4.78, 5) is 3.43. The Labute approximate surface area is 173 Å². The fourth-order valence-electron chi connectivity index (χ4n) is 2.62. The average molecular weight is 454 g/mol. The topological polar surface area (TPSA) is 37.4 Å². The van der Waals surface area contributed by atoms with Crippen LogP contribution in [0.3, 0.4) is 0 Å². The van der Waals surface area contributed by atoms with Gasteiger partial charge in [0.15, 0.2) is 0 Å². The molecule has 3 aromatic carbocycles. The van der Waals surface area contributed by atoms with Crippen LogP contribution in [0.4, 0.5) is 5.69 Å². The minimum atomic E-state index is -3.69. The molecule has 0 atom stereocenters. The van der Waals surface area contributed by atoms with Crippen molar-refractivity contribution in [3.63, 3.8) is 0 Å². The van der Waals surface area contributed by atoms with Crippen molar-refractivity contribution in [1.29, 1.82) is 0 Å². The number of benzene rings is 3. The second-order valence-electron chi connectivity index (χ2n) is 6.36. The molecule has 0 fully saturated rings. The van der Waals surface area contributed by atoms with E-state index in [1.54, 1.807) is 12.1 Å². The van der Waals surface area contributed by atoms with Crippen LogP contribution in [-0.4, -0.2) is 29.9 Å². The molecule has 0 saturated carbocycles. The van der Waals surface area contributed by atoms with Crippen molar-refractivity contribution in [2.75, 3.05) is 10.8 Å². The normalized spacial score (nSPS) is 10.8. The Morgan fingerprint density at radius 3 is 2.25 bits per heavy atom. The second kappa shape index (κ2) is 9.12. The molecule has 3 rings (SSSR count). The average Bonchev–Trinajstić information content (AvgIpc) is 2.69. The van der Waals surface area contributed by atoms with Crippen molar-refractivity contribution in [2.45, 2.75) is 18.7 Å². The van der Waals surface area contributed by atoms with Crippen molar-refractivity contribution in [2.24, 2.45) is 0 Å². The molecule has 0 saturated heterocycles. The van der Waals surface area contributed by atoms with Crippen LogP contribution in [0.1, 0.15) is 11.1 Å². The van der Waals surface area contributed by atoms with E-state index in [9.17, 15) is 8.42 Å². The molecule has 0 bridgehead atoms. The van der Waals surface area contributed by atoms with Crippen molar-refractivity contribution < 1.29 is 8.42 Å². The maximum absolute atomic E-state index is 13.3. The first-order valence-corrected chi connectivity index (χ1v) is 12.0. The summed E-state index contributed by atoms with van der Waals surface area (Å²) in [6, 6.07) is 24.4. The summed E-state index contributed by atoms with van der Waals surface area (Å²) in [7, 11) is -3.69. The van der Waals surface area contributed by atoms with E-state index in [4.69, 9.17) is 0 Å². The standard InChI is InChI=1S/C23H21NO2SSe/c1-19-12-14-22(15-13-19)27(25,26)24(21-9-6-8-20(2)18-21)16-7-17-28-23-10-4-3-5-11-23/h3-6,8-15,18H,16H2,1-2H3. The zero-order valence-corrected chi connectivity index (χ0v) is 18.3. The molecule has 0 heterocycles. The first-order chi connectivity index (χ1) is 13.5. The minimum absolute atomic E-state index is 0.00679. The third-order valence-corrected chi connectivity index (χ3v) is 7.48. The first-order valence-electron chi connectivity index (χ1n) is 8.83. The van der Waals surface area contributed by atoms with Crippen molar-refractivity contribution >= 4 is 35.1 Å². The van der Waals surface area contributed by atoms with E-state index >= 15 is 0 Å². The Morgan fingerprint density at radius 2 is 1.57 bits per heavy atom. The van der Waals surface area contributed by atoms with Crippen LogP contribution < -0.4 is 8.77 Å². The van der Waals surface area contributed by atoms with E-state index in [1.165, 1.54) is 8.77 Å². The van der Waals surface area contributed by atoms with Crippen molar-refractivity contribution in [1.82, 2.24) is 0 Å². The summed E-state index contributed by atoms with van der Waals surface area (Å²) >= 11 is -0.00679. The van der Waals surface area contributed by atoms with Crippen molar-refractivity contribution in [3.05, 3.63) is 90.0 Å². The van der Waals surface area contributed by atoms with E-state index in [1.807, 2.05) is 80.6 Å². The van der Waals surface area contributed by atoms with E-state index < -0.39 is 10.0 Å². The third-order valence-electron chi connectivity index (χ3n) is 4.11. The van der Waals surface area contributed by atoms with E-state index in [2.05, 4.69) is 10.7 Å². The van der Waals surface area contributed by atoms with E-state index in [0.29, 0.717) is 5.69 Å². The van der Waals surface area contributed by atoms with E-state index in [-0.39, 0.29) is 26.4 Å². The van der Waals surface area contributed by atoms with Crippen LogP contribution in [0.15, 0.2) is 83.8 Å². The summed E-state index contributed by atoms with van der Waals surface area (Å²) in [5.41, 5.74) is 2.65. The number of anilines is 1. The van der Waals surface area contributed by atoms with Crippen LogP contribution in [0, 0.1) is 24.6 Å². The van der Waals surface area contributed by atoms with Gasteiger partial charge in [-0.1, -0.05) is 0 Å². The molecule has 0 radical (unpaired) electrons. The van der Waals surface area contributed by atoms with Gasteiger partial charge in [-0.2, -0.15) is 0 Å². The summed E-state index contributed by atoms with van der Waals surface area (Å²) in [5.74, 6) is 3.06. The molecule has 0 spiro atoms. The Kier molecular flexibility index (Phi) is 6.59. The van der Waals surface area contributed by atoms with Crippen LogP contribution in [0.5, 0.6) is 0 Å². The van der Waals surface area contributed by atoms with Gasteiger partial charge in [0.25, 0.3) is 0 Å². The molecule has 0 aromatic heterocycles. The quantitative estimate of drug-likeness (QED) is 0.437. The van der Waals surface area contributed by atoms with E-state index in [0.717, 1.165) is 11.1 Å². The number of sulfonamides is 1. The Balaban J connectivity index is 1.91. The molecule has 0 aliphatic heterocycles. The fraction of sp³-hybridized carbons (Fsp3) is 0.130. The number of hydrogen-bond donors (Lipinski definition) is 0. The van der Waals surface area contributed by atoms with Gasteiger partial charge in [-0.15, -0.1) is 0 Å². The first kappa shape index (κ1) is 20.2. The van der Waals surface area contributed by atoms with Gasteiger partial charge in [0.05, 0.1) is 0 Å². The van der Waals surface area contributed by atoms with Gasteiger partial charge in [0, 0.05) is 0 Å². The number of rotatable bonds is 5. The summed E-state index contributed by atoms with van der Waals surface area (Å²) in [5, 5.41) is 0. The number of nitrogens with zero attached hydrogens (tertiary/aromatic N) is 1. The molecule has 0 N–H and O–H groups in total. The van der Waals surface area contributed by atoms with Gasteiger partial charge < -0.3 is 0 Å². The Morgan fingerprint density at radius 1 is 0.857 bits per heavy atom. The molecule has 5 heteroatoms. The van der Waals surface area contributed by atoms with Crippen LogP contribution in [0.25, 0.3) is 0 Å². The third kappa shape index (κ3) is 5.05. The van der Waals surface area contributed by atoms with Crippen LogP contribution >= 0.6 is 0 Å². The maximum atomic E-state index is 13.3. The van der Waals surface area contributed by atoms with Crippen molar-refractivity contribution in [3.8, 4) is 10.7 Å². The van der Waals surface area contributed by atoms with Gasteiger partial charge in [-0.05, 0) is 0 Å². The molecular formula is C23H21NO2SSe. The fourth-order valence-corrected chi connectivity index (χ4v) is 5.13. The molecule has 142 valence electrons. The predicted molar refractivity (Wildman–Crippen MR) is 116 cm³/mol. The van der Waals surface area contributed by atoms with Gasteiger partial charge in [-0.3, -0.25) is 0 Å². The number of aryl methyl sites for hydroxylation is 2. The van der Waals surface area contributed by atoms with Crippen LogP contribution in [0.2, 0.25) is 0 Å². The van der Waals surface area contributed by atoms with Gasteiger partial charge in [0.2, 0.25) is 0 Å².